The van der Waals surface area contributed by atoms with E-state index in [2.05, 4.69) is 131 Å². The zero-order valence-electron chi connectivity index (χ0n) is 26.7. The maximum atomic E-state index is 6.56. The first kappa shape index (κ1) is 28.6. The summed E-state index contributed by atoms with van der Waals surface area (Å²) in [5.41, 5.74) is 7.70. The molecule has 7 rings (SSSR count). The lowest BCUT2D eigenvalue weighted by Crippen LogP contribution is -2.18. The first-order chi connectivity index (χ1) is 21.6. The Hall–Kier alpha value is -5.16. The molecule has 5 heteroatoms. The quantitative estimate of drug-likeness (QED) is 0.200. The summed E-state index contributed by atoms with van der Waals surface area (Å²) in [7, 11) is 0. The van der Waals surface area contributed by atoms with E-state index in [-0.39, 0.29) is 10.8 Å². The molecule has 0 N–H and O–H groups in total. The summed E-state index contributed by atoms with van der Waals surface area (Å²) in [6, 6.07) is 37.8. The molecule has 0 saturated carbocycles. The molecule has 0 spiro atoms. The van der Waals surface area contributed by atoms with Crippen LogP contribution in [-0.2, 0) is 10.8 Å². The molecule has 0 amide bonds. The van der Waals surface area contributed by atoms with Crippen molar-refractivity contribution in [2.24, 2.45) is 0 Å². The third-order valence-corrected chi connectivity index (χ3v) is 8.35. The van der Waals surface area contributed by atoms with Gasteiger partial charge in [-0.15, -0.1) is 0 Å². The molecule has 45 heavy (non-hydrogen) atoms. The van der Waals surface area contributed by atoms with E-state index in [1.54, 1.807) is 0 Å². The Bertz CT molecular complexity index is 2160. The van der Waals surface area contributed by atoms with Crippen molar-refractivity contribution in [3.8, 4) is 34.1 Å². The van der Waals surface area contributed by atoms with Crippen LogP contribution in [-0.4, -0.2) is 19.3 Å². The average Bonchev–Trinajstić information content (AvgIpc) is 3.62. The molecule has 0 atom stereocenters. The molecule has 4 aromatic carbocycles. The van der Waals surface area contributed by atoms with Crippen LogP contribution in [0.3, 0.4) is 0 Å². The molecule has 0 radical (unpaired) electrons. The summed E-state index contributed by atoms with van der Waals surface area (Å²) in [4.78, 5) is 4.82. The highest BCUT2D eigenvalue weighted by atomic mass is 16.5. The van der Waals surface area contributed by atoms with Crippen molar-refractivity contribution < 1.29 is 4.74 Å². The van der Waals surface area contributed by atoms with E-state index in [1.807, 2.05) is 41.3 Å². The number of para-hydroxylation sites is 1. The van der Waals surface area contributed by atoms with Crippen LogP contribution in [0.4, 0.5) is 0 Å². The summed E-state index contributed by atoms with van der Waals surface area (Å²) in [6.45, 7) is 13.4. The van der Waals surface area contributed by atoms with Crippen molar-refractivity contribution in [1.29, 1.82) is 0 Å². The van der Waals surface area contributed by atoms with Crippen molar-refractivity contribution in [1.82, 2.24) is 19.3 Å². The summed E-state index contributed by atoms with van der Waals surface area (Å²) in [5.74, 6) is 2.41. The van der Waals surface area contributed by atoms with Gasteiger partial charge in [0.15, 0.2) is 0 Å². The largest absolute Gasteiger partial charge is 0.457 e. The fourth-order valence-corrected chi connectivity index (χ4v) is 6.18. The van der Waals surface area contributed by atoms with E-state index in [4.69, 9.17) is 14.8 Å². The predicted molar refractivity (Wildman–Crippen MR) is 185 cm³/mol. The fraction of sp³-hybridized carbons (Fsp3) is 0.200. The number of ether oxygens (including phenoxy) is 1. The van der Waals surface area contributed by atoms with Gasteiger partial charge < -0.3 is 4.74 Å². The monoisotopic (exact) mass is 590 g/mol. The fourth-order valence-electron chi connectivity index (χ4n) is 6.18. The Kier molecular flexibility index (Phi) is 6.85. The van der Waals surface area contributed by atoms with Crippen molar-refractivity contribution in [2.75, 3.05) is 0 Å². The molecule has 224 valence electrons. The third kappa shape index (κ3) is 5.29. The normalized spacial score (nSPS) is 12.2. The topological polar surface area (TPSA) is 44.9 Å². The van der Waals surface area contributed by atoms with Gasteiger partial charge >= 0.3 is 0 Å². The standard InChI is InChI=1S/C40H38N4O/c1-39(2,3)28-21-22-41-37(23-28)43-35-18-11-10-17-32(35)33-20-19-31(25-36(33)43)45-30-16-12-15-29(24-30)44-38(40(4,5)6)34(26-42-44)27-13-8-7-9-14-27/h7-26H,1-6H3. The van der Waals surface area contributed by atoms with Crippen LogP contribution in [0.15, 0.2) is 122 Å². The molecule has 7 aromatic rings. The summed E-state index contributed by atoms with van der Waals surface area (Å²) < 4.78 is 10.8. The Morgan fingerprint density at radius 2 is 1.36 bits per heavy atom. The van der Waals surface area contributed by atoms with Gasteiger partial charge in [-0.1, -0.05) is 96.1 Å². The minimum atomic E-state index is -0.130. The van der Waals surface area contributed by atoms with Gasteiger partial charge in [0, 0.05) is 40.1 Å². The van der Waals surface area contributed by atoms with E-state index in [0.717, 1.165) is 56.2 Å². The maximum Gasteiger partial charge on any atom is 0.137 e. The van der Waals surface area contributed by atoms with E-state index in [0.29, 0.717) is 0 Å². The lowest BCUT2D eigenvalue weighted by molar-refractivity contribution is 0.482. The molecule has 0 bridgehead atoms. The van der Waals surface area contributed by atoms with Crippen molar-refractivity contribution in [3.05, 3.63) is 133 Å². The van der Waals surface area contributed by atoms with Gasteiger partial charge in [-0.3, -0.25) is 4.57 Å². The molecular weight excluding hydrogens is 552 g/mol. The third-order valence-electron chi connectivity index (χ3n) is 8.35. The molecule has 0 saturated heterocycles. The SMILES string of the molecule is CC(C)(C)c1ccnc(-n2c3ccccc3c3ccc(Oc4cccc(-n5ncc(-c6ccccc6)c5C(C)(C)C)c4)cc32)c1. The number of fused-ring (bicyclic) bond motifs is 3. The molecule has 0 aliphatic rings. The van der Waals surface area contributed by atoms with Crippen molar-refractivity contribution in [2.45, 2.75) is 52.4 Å². The van der Waals surface area contributed by atoms with Crippen molar-refractivity contribution in [3.63, 3.8) is 0 Å². The molecule has 0 fully saturated rings. The van der Waals surface area contributed by atoms with Crippen LogP contribution in [0.5, 0.6) is 11.5 Å². The summed E-state index contributed by atoms with van der Waals surface area (Å²) >= 11 is 0. The van der Waals surface area contributed by atoms with Gasteiger partial charge in [-0.05, 0) is 59.0 Å². The van der Waals surface area contributed by atoms with E-state index in [1.165, 1.54) is 10.9 Å². The summed E-state index contributed by atoms with van der Waals surface area (Å²) in [6.07, 6.45) is 3.88. The van der Waals surface area contributed by atoms with E-state index in [9.17, 15) is 0 Å². The highest BCUT2D eigenvalue weighted by Gasteiger charge is 2.26. The molecule has 0 unspecified atom stereocenters. The van der Waals surface area contributed by atoms with Crippen LogP contribution in [0.1, 0.15) is 52.8 Å². The Morgan fingerprint density at radius 3 is 2.13 bits per heavy atom. The number of aromatic nitrogens is 4. The second-order valence-corrected chi connectivity index (χ2v) is 13.7. The lowest BCUT2D eigenvalue weighted by atomic mass is 9.87. The van der Waals surface area contributed by atoms with Gasteiger partial charge in [0.25, 0.3) is 0 Å². The second-order valence-electron chi connectivity index (χ2n) is 13.7. The van der Waals surface area contributed by atoms with Gasteiger partial charge in [0.1, 0.15) is 17.3 Å². The number of benzene rings is 4. The zero-order valence-corrected chi connectivity index (χ0v) is 26.7. The average molecular weight is 591 g/mol. The van der Waals surface area contributed by atoms with Crippen LogP contribution in [0, 0.1) is 0 Å². The molecular formula is C40H38N4O. The second kappa shape index (κ2) is 10.8. The molecule has 3 aromatic heterocycles. The minimum Gasteiger partial charge on any atom is -0.457 e. The maximum absolute atomic E-state index is 6.56. The number of hydrogen-bond acceptors (Lipinski definition) is 3. The van der Waals surface area contributed by atoms with Gasteiger partial charge in [-0.2, -0.15) is 5.10 Å². The minimum absolute atomic E-state index is 0.0129. The molecule has 0 aliphatic heterocycles. The smallest absolute Gasteiger partial charge is 0.137 e. The molecule has 3 heterocycles. The Morgan fingerprint density at radius 1 is 0.622 bits per heavy atom. The zero-order chi connectivity index (χ0) is 31.3. The number of rotatable bonds is 5. The molecule has 0 aliphatic carbocycles. The van der Waals surface area contributed by atoms with E-state index < -0.39 is 0 Å². The Labute approximate surface area is 264 Å². The van der Waals surface area contributed by atoms with Crippen LogP contribution < -0.4 is 4.74 Å². The highest BCUT2D eigenvalue weighted by molar-refractivity contribution is 6.09. The highest BCUT2D eigenvalue weighted by Crippen LogP contribution is 2.38. The van der Waals surface area contributed by atoms with Crippen molar-refractivity contribution >= 4 is 21.8 Å². The predicted octanol–water partition coefficient (Wildman–Crippen LogP) is 10.4. The first-order valence-corrected chi connectivity index (χ1v) is 15.5. The van der Waals surface area contributed by atoms with Gasteiger partial charge in [0.2, 0.25) is 0 Å². The lowest BCUT2D eigenvalue weighted by Gasteiger charge is -2.23. The van der Waals surface area contributed by atoms with E-state index >= 15 is 0 Å². The number of pyridine rings is 1. The van der Waals surface area contributed by atoms with Crippen LogP contribution in [0.2, 0.25) is 0 Å². The molecule has 5 nitrogen and oxygen atoms in total. The summed E-state index contributed by atoms with van der Waals surface area (Å²) in [5, 5.41) is 7.21. The van der Waals surface area contributed by atoms with Gasteiger partial charge in [-0.25, -0.2) is 9.67 Å². The number of nitrogens with zero attached hydrogens (tertiary/aromatic N) is 4. The number of hydrogen-bond donors (Lipinski definition) is 0. The van der Waals surface area contributed by atoms with Crippen LogP contribution >= 0.6 is 0 Å². The Balaban J connectivity index is 1.30. The first-order valence-electron chi connectivity index (χ1n) is 15.5. The van der Waals surface area contributed by atoms with Crippen LogP contribution in [0.25, 0.3) is 44.4 Å². The van der Waals surface area contributed by atoms with Gasteiger partial charge in [0.05, 0.1) is 28.6 Å².